The molecule has 0 bridgehead atoms. The van der Waals surface area contributed by atoms with E-state index < -0.39 is 51.6 Å². The number of benzene rings is 4. The number of aromatic nitrogens is 4. The van der Waals surface area contributed by atoms with Gasteiger partial charge in [0, 0.05) is 37.2 Å². The van der Waals surface area contributed by atoms with Crippen molar-refractivity contribution in [2.75, 3.05) is 0 Å². The zero-order valence-electron chi connectivity index (χ0n) is 29.8. The van der Waals surface area contributed by atoms with Crippen LogP contribution in [-0.2, 0) is 14.4 Å². The maximum atomic E-state index is 12.2. The number of hydroxylamine groups is 2. The fourth-order valence-electron chi connectivity index (χ4n) is 3.56. The highest BCUT2D eigenvalue weighted by Gasteiger charge is 2.27. The van der Waals surface area contributed by atoms with Crippen LogP contribution in [0.4, 0.5) is 27.6 Å². The molecular formula is C34H24Cl5F5N6O11. The predicted molar refractivity (Wildman–Crippen MR) is 208 cm³/mol. The smallest absolute Gasteiger partial charge is 0.269 e. The van der Waals surface area contributed by atoms with E-state index in [4.69, 9.17) is 83.4 Å². The lowest BCUT2D eigenvalue weighted by Crippen LogP contribution is -2.24. The highest BCUT2D eigenvalue weighted by molar-refractivity contribution is 6.55. The number of fused-ring (bicyclic) bond motifs is 1. The fraction of sp³-hybridized carbons (Fsp3) is 0.0588. The molecule has 326 valence electrons. The highest BCUT2D eigenvalue weighted by Crippen LogP contribution is 2.47. The zero-order chi connectivity index (χ0) is 46.7. The number of carbonyl (C=O) groups excluding carboxylic acids is 3. The van der Waals surface area contributed by atoms with Crippen LogP contribution in [0.15, 0.2) is 77.7 Å². The fourth-order valence-corrected chi connectivity index (χ4v) is 4.69. The Bertz CT molecular complexity index is 2210. The molecule has 17 nitrogen and oxygen atoms in total. The molecular weight excluding hydrogens is 941 g/mol. The minimum absolute atomic E-state index is 0.00904. The maximum absolute atomic E-state index is 12.2. The van der Waals surface area contributed by atoms with Crippen molar-refractivity contribution < 1.29 is 67.0 Å². The third-order valence-electron chi connectivity index (χ3n) is 6.47. The standard InChI is InChI=1S/C6HCl5O.C6HF5O.C6H5N3O.C6H5NO3.C5H5NO.C4H5NO3.CH2O/c2*7-1-2(8)4(10)6(12)5(11)3(1)9;10-9-6-4-2-1-3-5(6)7-8-9;8-6-3-1-5(2-4-6)7(9)10;7-5-3-1-2-4-6-5;6-3-1-2-4(7)5(3)8;1-2/h2*12H;1-4,10H;1-4,8H;1-4H,(H,6,7);8H,1-2H2;1H2. The van der Waals surface area contributed by atoms with Crippen LogP contribution in [0.25, 0.3) is 11.0 Å². The summed E-state index contributed by atoms with van der Waals surface area (Å²) in [5.41, 5.74) is 1.26. The number of imide groups is 1. The van der Waals surface area contributed by atoms with Gasteiger partial charge in [-0.15, -0.1) is 5.10 Å². The first-order valence-corrected chi connectivity index (χ1v) is 17.3. The molecule has 6 N–H and O–H groups in total. The van der Waals surface area contributed by atoms with E-state index in [0.29, 0.717) is 11.0 Å². The number of halogens is 10. The van der Waals surface area contributed by atoms with Gasteiger partial charge in [-0.1, -0.05) is 81.0 Å². The van der Waals surface area contributed by atoms with E-state index in [1.165, 1.54) is 30.3 Å². The second kappa shape index (κ2) is 25.4. The molecule has 1 fully saturated rings. The number of phenolic OH excluding ortho intramolecular Hbond substituents is 3. The molecule has 0 unspecified atom stereocenters. The van der Waals surface area contributed by atoms with Crippen LogP contribution in [-0.4, -0.2) is 74.5 Å². The Morgan fingerprint density at radius 3 is 1.48 bits per heavy atom. The molecule has 61 heavy (non-hydrogen) atoms. The second-order valence-electron chi connectivity index (χ2n) is 10.4. The summed E-state index contributed by atoms with van der Waals surface area (Å²) in [4.78, 5) is 51.4. The van der Waals surface area contributed by atoms with E-state index in [9.17, 15) is 51.6 Å². The second-order valence-corrected chi connectivity index (χ2v) is 12.3. The lowest BCUT2D eigenvalue weighted by atomic mass is 10.3. The van der Waals surface area contributed by atoms with Gasteiger partial charge in [0.05, 0.1) is 20.0 Å². The molecule has 1 aliphatic rings. The van der Waals surface area contributed by atoms with Crippen LogP contribution in [0.3, 0.4) is 0 Å². The summed E-state index contributed by atoms with van der Waals surface area (Å²) in [5.74, 6) is -14.3. The van der Waals surface area contributed by atoms with Crippen LogP contribution in [0, 0.1) is 39.2 Å². The van der Waals surface area contributed by atoms with Crippen LogP contribution in [0.5, 0.6) is 17.2 Å². The third kappa shape index (κ3) is 15.3. The minimum atomic E-state index is -2.29. The molecule has 0 spiro atoms. The normalized spacial score (nSPS) is 11.0. The largest absolute Gasteiger partial charge is 0.508 e. The number of rotatable bonds is 1. The Hall–Kier alpha value is -6.30. The molecule has 0 aliphatic carbocycles. The number of nitrogens with zero attached hydrogens (tertiary/aromatic N) is 5. The van der Waals surface area contributed by atoms with Crippen molar-refractivity contribution in [1.29, 1.82) is 0 Å². The van der Waals surface area contributed by atoms with Crippen molar-refractivity contribution in [3.63, 3.8) is 0 Å². The van der Waals surface area contributed by atoms with Gasteiger partial charge < -0.3 is 30.3 Å². The van der Waals surface area contributed by atoms with Crippen LogP contribution in [0.2, 0.25) is 25.1 Å². The molecule has 3 heterocycles. The lowest BCUT2D eigenvalue weighted by Gasteiger charge is -2.06. The van der Waals surface area contributed by atoms with Gasteiger partial charge >= 0.3 is 0 Å². The van der Waals surface area contributed by atoms with Gasteiger partial charge in [0.15, 0.2) is 11.5 Å². The van der Waals surface area contributed by atoms with E-state index >= 15 is 0 Å². The zero-order valence-corrected chi connectivity index (χ0v) is 33.5. The number of para-hydroxylation sites is 1. The van der Waals surface area contributed by atoms with Gasteiger partial charge in [-0.05, 0) is 35.5 Å². The molecule has 2 aromatic heterocycles. The van der Waals surface area contributed by atoms with Gasteiger partial charge in [0.25, 0.3) is 17.5 Å². The maximum Gasteiger partial charge on any atom is 0.269 e. The Kier molecular flexibility index (Phi) is 21.9. The summed E-state index contributed by atoms with van der Waals surface area (Å²) in [7, 11) is 0. The van der Waals surface area contributed by atoms with Crippen molar-refractivity contribution in [2.45, 2.75) is 12.8 Å². The summed E-state index contributed by atoms with van der Waals surface area (Å²) >= 11 is 27.9. The molecule has 0 atom stereocenters. The number of nitro groups is 1. The van der Waals surface area contributed by atoms with Crippen molar-refractivity contribution >= 4 is 93.3 Å². The quantitative estimate of drug-likeness (QED) is 0.0132. The molecule has 1 aliphatic heterocycles. The molecule has 4 aromatic carbocycles. The third-order valence-corrected chi connectivity index (χ3v) is 8.73. The number of phenols is 3. The Labute approximate surface area is 361 Å². The van der Waals surface area contributed by atoms with Gasteiger partial charge in [-0.3, -0.25) is 29.7 Å². The Balaban J connectivity index is 0.000000366. The Morgan fingerprint density at radius 2 is 1.10 bits per heavy atom. The SMILES string of the molecule is C=O.O=C1CCC(=O)N1O.O=[N+]([O-])c1ccc(O)cc1.O=c1cccc[nH]1.Oc1c(Cl)c(Cl)c(Cl)c(Cl)c1Cl.Oc1c(F)c(F)c(F)c(F)c1F.On1nnc2ccccc21. The van der Waals surface area contributed by atoms with Crippen LogP contribution >= 0.6 is 58.0 Å². The van der Waals surface area contributed by atoms with Gasteiger partial charge in [-0.2, -0.15) is 13.8 Å². The molecule has 0 radical (unpaired) electrons. The molecule has 0 saturated carbocycles. The van der Waals surface area contributed by atoms with E-state index in [2.05, 4.69) is 15.3 Å². The number of aromatic hydroxyl groups is 3. The topological polar surface area (TPSA) is 262 Å². The molecule has 7 rings (SSSR count). The number of carbonyl (C=O) groups is 3. The minimum Gasteiger partial charge on any atom is -0.508 e. The summed E-state index contributed by atoms with van der Waals surface area (Å²) in [6, 6.07) is 17.2. The summed E-state index contributed by atoms with van der Waals surface area (Å²) in [6.45, 7) is 2.00. The molecule has 2 amide bonds. The summed E-state index contributed by atoms with van der Waals surface area (Å²) < 4.78 is 60.6. The lowest BCUT2D eigenvalue weighted by molar-refractivity contribution is -0.384. The molecule has 6 aromatic rings. The number of nitrogens with one attached hydrogen (secondary N) is 1. The highest BCUT2D eigenvalue weighted by atomic mass is 35.5. The van der Waals surface area contributed by atoms with E-state index in [0.717, 1.165) is 4.85 Å². The van der Waals surface area contributed by atoms with Crippen molar-refractivity contribution in [3.05, 3.63) is 148 Å². The number of hydrogen-bond donors (Lipinski definition) is 6. The van der Waals surface area contributed by atoms with Crippen LogP contribution < -0.4 is 5.56 Å². The number of pyridine rings is 1. The van der Waals surface area contributed by atoms with E-state index in [1.807, 2.05) is 18.9 Å². The summed E-state index contributed by atoms with van der Waals surface area (Å²) in [5, 5.41) is 60.7. The monoisotopic (exact) mass is 962 g/mol. The van der Waals surface area contributed by atoms with Gasteiger partial charge in [0.1, 0.15) is 33.6 Å². The number of non-ortho nitro benzene ring substituents is 1. The first kappa shape index (κ1) is 52.7. The van der Waals surface area contributed by atoms with Gasteiger partial charge in [-0.25, -0.2) is 13.2 Å². The first-order chi connectivity index (χ1) is 28.6. The summed E-state index contributed by atoms with van der Waals surface area (Å²) in [6.07, 6.45) is 1.90. The molecule has 1 saturated heterocycles. The first-order valence-electron chi connectivity index (χ1n) is 15.4. The van der Waals surface area contributed by atoms with Crippen molar-refractivity contribution in [2.24, 2.45) is 0 Å². The van der Waals surface area contributed by atoms with Crippen molar-refractivity contribution in [1.82, 2.24) is 25.2 Å². The number of amides is 2. The van der Waals surface area contributed by atoms with E-state index in [-0.39, 0.29) is 65.8 Å². The number of aromatic amines is 1. The van der Waals surface area contributed by atoms with E-state index in [1.54, 1.807) is 30.5 Å². The average molecular weight is 965 g/mol. The molecule has 27 heteroatoms. The number of hydrogen-bond acceptors (Lipinski definition) is 13. The Morgan fingerprint density at radius 1 is 0.656 bits per heavy atom. The van der Waals surface area contributed by atoms with Gasteiger partial charge in [0.2, 0.25) is 34.6 Å². The van der Waals surface area contributed by atoms with Crippen molar-refractivity contribution in [3.8, 4) is 17.2 Å². The van der Waals surface area contributed by atoms with Crippen LogP contribution in [0.1, 0.15) is 12.8 Å². The number of H-pyrrole nitrogens is 1. The number of nitro benzene ring substituents is 1. The predicted octanol–water partition coefficient (Wildman–Crippen LogP) is 8.43. The average Bonchev–Trinajstić information content (AvgIpc) is 3.79.